The van der Waals surface area contributed by atoms with Gasteiger partial charge in [0.2, 0.25) is 0 Å². The van der Waals surface area contributed by atoms with Gasteiger partial charge >= 0.3 is 5.97 Å². The van der Waals surface area contributed by atoms with Gasteiger partial charge in [0.15, 0.2) is 8.32 Å². The number of rotatable bonds is 6. The zero-order valence-electron chi connectivity index (χ0n) is 18.0. The molecule has 1 aromatic carbocycles. The molecule has 1 aliphatic heterocycles. The Morgan fingerprint density at radius 3 is 2.26 bits per heavy atom. The van der Waals surface area contributed by atoms with E-state index in [9.17, 15) is 4.79 Å². The van der Waals surface area contributed by atoms with Gasteiger partial charge in [-0.1, -0.05) is 38.1 Å². The van der Waals surface area contributed by atoms with Gasteiger partial charge in [0.1, 0.15) is 17.5 Å². The Kier molecular flexibility index (Phi) is 5.82. The van der Waals surface area contributed by atoms with Gasteiger partial charge in [-0.2, -0.15) is 0 Å². The Balaban J connectivity index is 2.48. The van der Waals surface area contributed by atoms with E-state index in [2.05, 4.69) is 40.1 Å². The van der Waals surface area contributed by atoms with E-state index in [1.54, 1.807) is 0 Å². The number of benzene rings is 1. The summed E-state index contributed by atoms with van der Waals surface area (Å²) >= 11 is 0. The van der Waals surface area contributed by atoms with Gasteiger partial charge < -0.3 is 13.9 Å². The van der Waals surface area contributed by atoms with Crippen molar-refractivity contribution in [1.29, 1.82) is 0 Å². The van der Waals surface area contributed by atoms with Crippen molar-refractivity contribution in [3.8, 4) is 5.75 Å². The monoisotopic (exact) mass is 390 g/mol. The summed E-state index contributed by atoms with van der Waals surface area (Å²) in [6.07, 6.45) is 1.62. The third-order valence-corrected chi connectivity index (χ3v) is 5.97. The van der Waals surface area contributed by atoms with E-state index in [0.717, 1.165) is 5.56 Å². The molecule has 0 aliphatic carbocycles. The molecule has 0 spiro atoms. The molecule has 150 valence electrons. The van der Waals surface area contributed by atoms with Crippen LogP contribution in [0.2, 0.25) is 19.6 Å². The smallest absolute Gasteiger partial charge is 0.316 e. The maximum absolute atomic E-state index is 12.5. The molecule has 0 aromatic heterocycles. The molecule has 1 fully saturated rings. The van der Waals surface area contributed by atoms with E-state index in [1.165, 1.54) is 0 Å². The van der Waals surface area contributed by atoms with Crippen molar-refractivity contribution in [3.63, 3.8) is 0 Å². The molecule has 0 saturated carbocycles. The van der Waals surface area contributed by atoms with Crippen molar-refractivity contribution < 1.29 is 18.7 Å². The van der Waals surface area contributed by atoms with Gasteiger partial charge in [-0.15, -0.1) is 6.58 Å². The number of carbonyl (C=O) groups is 1. The first kappa shape index (κ1) is 21.9. The van der Waals surface area contributed by atoms with Crippen molar-refractivity contribution in [1.82, 2.24) is 0 Å². The number of hydrogen-bond acceptors (Lipinski definition) is 4. The molecular formula is C22H34O4Si. The van der Waals surface area contributed by atoms with Crippen LogP contribution in [0, 0.1) is 10.8 Å². The second-order valence-electron chi connectivity index (χ2n) is 9.90. The Labute approximate surface area is 165 Å². The molecule has 4 nitrogen and oxygen atoms in total. The molecule has 1 aliphatic rings. The third-order valence-electron chi connectivity index (χ3n) is 4.99. The highest BCUT2D eigenvalue weighted by Gasteiger charge is 2.60. The fourth-order valence-corrected chi connectivity index (χ4v) is 4.68. The van der Waals surface area contributed by atoms with Crippen LogP contribution in [0.25, 0.3) is 0 Å². The predicted octanol–water partition coefficient (Wildman–Crippen LogP) is 5.51. The van der Waals surface area contributed by atoms with Gasteiger partial charge in [0, 0.05) is 11.0 Å². The fraction of sp³-hybridized carbons (Fsp3) is 0.591. The second kappa shape index (κ2) is 7.19. The van der Waals surface area contributed by atoms with E-state index in [1.807, 2.05) is 51.1 Å². The normalized spacial score (nSPS) is 23.5. The van der Waals surface area contributed by atoms with Crippen LogP contribution >= 0.6 is 0 Å². The third kappa shape index (κ3) is 4.36. The topological polar surface area (TPSA) is 44.8 Å². The van der Waals surface area contributed by atoms with Crippen LogP contribution in [0.15, 0.2) is 36.9 Å². The molecular weight excluding hydrogens is 356 g/mol. The van der Waals surface area contributed by atoms with Gasteiger partial charge in [0.25, 0.3) is 0 Å². The number of ether oxygens (including phenoxy) is 2. The molecule has 1 saturated heterocycles. The second-order valence-corrected chi connectivity index (χ2v) is 14.3. The summed E-state index contributed by atoms with van der Waals surface area (Å²) in [7, 11) is -1.88. The number of esters is 1. The van der Waals surface area contributed by atoms with E-state index >= 15 is 0 Å². The molecule has 1 aromatic rings. The van der Waals surface area contributed by atoms with Crippen molar-refractivity contribution in [2.75, 3.05) is 6.61 Å². The van der Waals surface area contributed by atoms with Crippen LogP contribution in [0.3, 0.4) is 0 Å². The molecule has 2 atom stereocenters. The average Bonchev–Trinajstić information content (AvgIpc) is 2.51. The number of hydrogen-bond donors (Lipinski definition) is 0. The number of para-hydroxylation sites is 1. The first-order valence-corrected chi connectivity index (χ1v) is 12.9. The lowest BCUT2D eigenvalue weighted by Crippen LogP contribution is -2.65. The Morgan fingerprint density at radius 2 is 1.81 bits per heavy atom. The highest BCUT2D eigenvalue weighted by Crippen LogP contribution is 2.55. The minimum absolute atomic E-state index is 0.269. The lowest BCUT2D eigenvalue weighted by atomic mass is 9.67. The van der Waals surface area contributed by atoms with Gasteiger partial charge in [-0.05, 0) is 46.5 Å². The van der Waals surface area contributed by atoms with Crippen LogP contribution < -0.4 is 4.74 Å². The van der Waals surface area contributed by atoms with Crippen molar-refractivity contribution in [3.05, 3.63) is 42.5 Å². The van der Waals surface area contributed by atoms with Crippen LogP contribution in [0.1, 0.15) is 46.3 Å². The Hall–Kier alpha value is -1.43. The summed E-state index contributed by atoms with van der Waals surface area (Å²) in [5.74, 6) is 0.263. The number of carbonyl (C=O) groups excluding carboxylic acids is 1. The van der Waals surface area contributed by atoms with E-state index in [0.29, 0.717) is 12.4 Å². The fourth-order valence-electron chi connectivity index (χ4n) is 3.16. The van der Waals surface area contributed by atoms with E-state index in [4.69, 9.17) is 13.9 Å². The summed E-state index contributed by atoms with van der Waals surface area (Å²) < 4.78 is 18.5. The van der Waals surface area contributed by atoms with E-state index < -0.39 is 19.3 Å². The molecule has 1 heterocycles. The minimum atomic E-state index is -1.88. The summed E-state index contributed by atoms with van der Waals surface area (Å²) in [4.78, 5) is 12.5. The Morgan fingerprint density at radius 1 is 1.22 bits per heavy atom. The SMILES string of the molecule is C=CC(C)(C)[C@]1(O[Si](C)(C)C)CO[C@H]1c1ccccc1OC(=O)C(C)(C)C. The molecule has 2 rings (SSSR count). The highest BCUT2D eigenvalue weighted by molar-refractivity contribution is 6.69. The zero-order chi connectivity index (χ0) is 20.7. The molecule has 0 bridgehead atoms. The molecule has 0 radical (unpaired) electrons. The standard InChI is InChI=1S/C22H34O4Si/c1-10-21(5,6)22(26-27(7,8)9)15-24-18(22)16-13-11-12-14-17(16)25-19(23)20(2,3)4/h10-14,18H,1,15H2,2-9H3/t18-,22-/m0/s1. The summed E-state index contributed by atoms with van der Waals surface area (Å²) in [6.45, 7) is 20.8. The summed E-state index contributed by atoms with van der Waals surface area (Å²) in [5.41, 5.74) is -0.588. The van der Waals surface area contributed by atoms with Gasteiger partial charge in [-0.3, -0.25) is 4.79 Å². The van der Waals surface area contributed by atoms with Crippen LogP contribution in [-0.2, 0) is 14.0 Å². The lowest BCUT2D eigenvalue weighted by Gasteiger charge is -2.58. The highest BCUT2D eigenvalue weighted by atomic mass is 28.4. The minimum Gasteiger partial charge on any atom is -0.426 e. The average molecular weight is 391 g/mol. The lowest BCUT2D eigenvalue weighted by molar-refractivity contribution is -0.268. The summed E-state index contributed by atoms with van der Waals surface area (Å²) in [6, 6.07) is 7.58. The first-order chi connectivity index (χ1) is 12.2. The van der Waals surface area contributed by atoms with Crippen molar-refractivity contribution >= 4 is 14.3 Å². The predicted molar refractivity (Wildman–Crippen MR) is 111 cm³/mol. The summed E-state index contributed by atoms with van der Waals surface area (Å²) in [5, 5.41) is 0. The largest absolute Gasteiger partial charge is 0.426 e. The van der Waals surface area contributed by atoms with Gasteiger partial charge in [0.05, 0.1) is 12.0 Å². The first-order valence-electron chi connectivity index (χ1n) is 9.50. The van der Waals surface area contributed by atoms with Crippen LogP contribution in [0.5, 0.6) is 5.75 Å². The van der Waals surface area contributed by atoms with Crippen LogP contribution in [0.4, 0.5) is 0 Å². The maximum atomic E-state index is 12.5. The molecule has 5 heteroatoms. The molecule has 0 unspecified atom stereocenters. The van der Waals surface area contributed by atoms with Gasteiger partial charge in [-0.25, -0.2) is 0 Å². The quantitative estimate of drug-likeness (QED) is 0.278. The molecule has 0 N–H and O–H groups in total. The molecule has 27 heavy (non-hydrogen) atoms. The maximum Gasteiger partial charge on any atom is 0.316 e. The molecule has 0 amide bonds. The van der Waals surface area contributed by atoms with Crippen molar-refractivity contribution in [2.24, 2.45) is 10.8 Å². The van der Waals surface area contributed by atoms with Crippen molar-refractivity contribution in [2.45, 2.75) is 66.0 Å². The van der Waals surface area contributed by atoms with E-state index in [-0.39, 0.29) is 17.5 Å². The zero-order valence-corrected chi connectivity index (χ0v) is 19.0. The Bertz CT molecular complexity index is 712. The van der Waals surface area contributed by atoms with Crippen LogP contribution in [-0.4, -0.2) is 26.5 Å².